The first-order valence-electron chi connectivity index (χ1n) is 5.89. The molecule has 0 spiro atoms. The van der Waals surface area contributed by atoms with Gasteiger partial charge in [0.1, 0.15) is 23.1 Å². The van der Waals surface area contributed by atoms with Crippen LogP contribution in [-0.2, 0) is 0 Å². The molecular weight excluding hydrogens is 290 g/mol. The van der Waals surface area contributed by atoms with Crippen molar-refractivity contribution in [2.45, 2.75) is 20.0 Å². The number of hydrogen-bond donors (Lipinski definition) is 1. The number of anilines is 2. The van der Waals surface area contributed by atoms with Gasteiger partial charge in [-0.15, -0.1) is 0 Å². The van der Waals surface area contributed by atoms with Crippen LogP contribution in [0, 0.1) is 6.92 Å². The lowest BCUT2D eigenvalue weighted by Crippen LogP contribution is -2.03. The number of nitrogens with one attached hydrogen (secondary N) is 1. The number of hydrogen-bond acceptors (Lipinski definition) is 4. The lowest BCUT2D eigenvalue weighted by Gasteiger charge is -2.10. The third-order valence-electron chi connectivity index (χ3n) is 2.41. The van der Waals surface area contributed by atoms with Crippen LogP contribution < -0.4 is 10.1 Å². The first-order chi connectivity index (χ1) is 9.94. The van der Waals surface area contributed by atoms with Crippen molar-refractivity contribution in [3.63, 3.8) is 0 Å². The molecule has 0 saturated carbocycles. The van der Waals surface area contributed by atoms with E-state index in [2.05, 4.69) is 20.0 Å². The van der Waals surface area contributed by atoms with Gasteiger partial charge in [-0.3, -0.25) is 0 Å². The largest absolute Gasteiger partial charge is 0.435 e. The molecule has 0 aliphatic rings. The molecule has 0 radical (unpaired) electrons. The van der Waals surface area contributed by atoms with E-state index in [0.29, 0.717) is 5.69 Å². The fraction of sp³-hybridized carbons (Fsp3) is 0.231. The Labute approximate surface area is 117 Å². The minimum Gasteiger partial charge on any atom is -0.435 e. The maximum atomic E-state index is 12.7. The highest BCUT2D eigenvalue weighted by Gasteiger charge is 2.12. The van der Waals surface area contributed by atoms with E-state index in [0.717, 1.165) is 6.07 Å². The van der Waals surface area contributed by atoms with Gasteiger partial charge in [-0.05, 0) is 19.1 Å². The number of aryl methyl sites for hydroxylation is 1. The highest BCUT2D eigenvalue weighted by molar-refractivity contribution is 5.58. The Morgan fingerprint density at radius 3 is 2.52 bits per heavy atom. The summed E-state index contributed by atoms with van der Waals surface area (Å²) in [6.07, 6.45) is -2.72. The first kappa shape index (κ1) is 15.0. The van der Waals surface area contributed by atoms with Crippen LogP contribution >= 0.6 is 0 Å². The Bertz CT molecular complexity index is 622. The third kappa shape index (κ3) is 4.30. The summed E-state index contributed by atoms with van der Waals surface area (Å²) in [7, 11) is 0. The zero-order valence-electron chi connectivity index (χ0n) is 10.9. The van der Waals surface area contributed by atoms with Crippen molar-refractivity contribution in [1.29, 1.82) is 0 Å². The molecule has 21 heavy (non-hydrogen) atoms. The third-order valence-corrected chi connectivity index (χ3v) is 2.41. The Kier molecular flexibility index (Phi) is 4.56. The fourth-order valence-electron chi connectivity index (χ4n) is 1.66. The summed E-state index contributed by atoms with van der Waals surface area (Å²) in [5.74, 6) is 0.275. The maximum Gasteiger partial charge on any atom is 0.387 e. The average molecular weight is 301 g/mol. The van der Waals surface area contributed by atoms with Gasteiger partial charge in [-0.25, -0.2) is 18.7 Å². The van der Waals surface area contributed by atoms with E-state index in [-0.39, 0.29) is 17.4 Å². The van der Waals surface area contributed by atoms with Crippen molar-refractivity contribution in [3.8, 4) is 5.75 Å². The summed E-state index contributed by atoms with van der Waals surface area (Å²) in [6.45, 7) is -1.46. The molecule has 0 atom stereocenters. The Balaban J connectivity index is 2.21. The minimum atomic E-state index is -2.94. The molecule has 0 fully saturated rings. The van der Waals surface area contributed by atoms with Crippen LogP contribution in [-0.4, -0.2) is 16.6 Å². The van der Waals surface area contributed by atoms with Crippen LogP contribution in [0.15, 0.2) is 30.3 Å². The molecule has 0 bridgehead atoms. The average Bonchev–Trinajstić information content (AvgIpc) is 2.37. The summed E-state index contributed by atoms with van der Waals surface area (Å²) in [5, 5.41) is 2.74. The Hall–Kier alpha value is -2.38. The monoisotopic (exact) mass is 301 g/mol. The number of rotatable bonds is 5. The predicted octanol–water partition coefficient (Wildman–Crippen LogP) is 4.07. The molecule has 112 valence electrons. The van der Waals surface area contributed by atoms with Crippen molar-refractivity contribution in [2.75, 3.05) is 5.32 Å². The van der Waals surface area contributed by atoms with Crippen LogP contribution in [0.25, 0.3) is 0 Å². The van der Waals surface area contributed by atoms with Crippen molar-refractivity contribution >= 4 is 11.5 Å². The first-order valence-corrected chi connectivity index (χ1v) is 5.89. The van der Waals surface area contributed by atoms with E-state index in [1.165, 1.54) is 25.1 Å². The molecule has 8 heteroatoms. The standard InChI is InChI=1S/C13H11F4N3O/c1-7-18-10(12(14)15)6-11(19-7)20-8-3-2-4-9(5-8)21-13(16)17/h2-6,12-13H,1H3,(H,18,19,20). The lowest BCUT2D eigenvalue weighted by atomic mass is 10.3. The molecule has 2 rings (SSSR count). The molecule has 4 nitrogen and oxygen atoms in total. The number of aromatic nitrogens is 2. The number of nitrogens with zero attached hydrogens (tertiary/aromatic N) is 2. The van der Waals surface area contributed by atoms with Gasteiger partial charge in [0.05, 0.1) is 0 Å². The smallest absolute Gasteiger partial charge is 0.387 e. The predicted molar refractivity (Wildman–Crippen MR) is 68.1 cm³/mol. The van der Waals surface area contributed by atoms with E-state index in [4.69, 9.17) is 0 Å². The summed E-state index contributed by atoms with van der Waals surface area (Å²) in [6, 6.07) is 6.82. The van der Waals surface area contributed by atoms with Gasteiger partial charge in [0, 0.05) is 17.8 Å². The van der Waals surface area contributed by atoms with Crippen molar-refractivity contribution < 1.29 is 22.3 Å². The van der Waals surface area contributed by atoms with Gasteiger partial charge in [-0.2, -0.15) is 8.78 Å². The minimum absolute atomic E-state index is 0.0464. The molecule has 1 aromatic carbocycles. The second kappa shape index (κ2) is 6.38. The van der Waals surface area contributed by atoms with Gasteiger partial charge in [0.15, 0.2) is 0 Å². The Morgan fingerprint density at radius 2 is 1.86 bits per heavy atom. The lowest BCUT2D eigenvalue weighted by molar-refractivity contribution is -0.0498. The molecule has 2 aromatic rings. The molecule has 1 aromatic heterocycles. The molecule has 1 heterocycles. The van der Waals surface area contributed by atoms with Crippen LogP contribution in [0.4, 0.5) is 29.1 Å². The van der Waals surface area contributed by atoms with Gasteiger partial charge >= 0.3 is 6.61 Å². The SMILES string of the molecule is Cc1nc(Nc2cccc(OC(F)F)c2)cc(C(F)F)n1. The second-order valence-corrected chi connectivity index (χ2v) is 4.06. The van der Waals surface area contributed by atoms with Crippen molar-refractivity contribution in [2.24, 2.45) is 0 Å². The fourth-order valence-corrected chi connectivity index (χ4v) is 1.66. The van der Waals surface area contributed by atoms with Crippen LogP contribution in [0.1, 0.15) is 17.9 Å². The molecule has 0 aliphatic heterocycles. The topological polar surface area (TPSA) is 47.0 Å². The maximum absolute atomic E-state index is 12.7. The number of ether oxygens (including phenoxy) is 1. The zero-order valence-corrected chi connectivity index (χ0v) is 10.9. The van der Waals surface area contributed by atoms with Gasteiger partial charge in [0.2, 0.25) is 0 Å². The molecule has 0 amide bonds. The summed E-state index contributed by atoms with van der Waals surface area (Å²) in [4.78, 5) is 7.56. The molecule has 0 unspecified atom stereocenters. The highest BCUT2D eigenvalue weighted by atomic mass is 19.3. The van der Waals surface area contributed by atoms with E-state index in [1.54, 1.807) is 6.07 Å². The molecule has 0 aliphatic carbocycles. The van der Waals surface area contributed by atoms with Crippen LogP contribution in [0.3, 0.4) is 0 Å². The van der Waals surface area contributed by atoms with Crippen molar-refractivity contribution in [1.82, 2.24) is 9.97 Å². The quantitative estimate of drug-likeness (QED) is 0.846. The number of benzene rings is 1. The van der Waals surface area contributed by atoms with Crippen LogP contribution in [0.5, 0.6) is 5.75 Å². The van der Waals surface area contributed by atoms with E-state index in [9.17, 15) is 17.6 Å². The Morgan fingerprint density at radius 1 is 1.10 bits per heavy atom. The molecular formula is C13H11F4N3O. The normalized spacial score (nSPS) is 11.0. The van der Waals surface area contributed by atoms with Crippen molar-refractivity contribution in [3.05, 3.63) is 41.9 Å². The van der Waals surface area contributed by atoms with E-state index < -0.39 is 18.7 Å². The van der Waals surface area contributed by atoms with E-state index in [1.807, 2.05) is 0 Å². The number of alkyl halides is 4. The van der Waals surface area contributed by atoms with Gasteiger partial charge < -0.3 is 10.1 Å². The summed E-state index contributed by atoms with van der Waals surface area (Å²) >= 11 is 0. The zero-order chi connectivity index (χ0) is 15.4. The van der Waals surface area contributed by atoms with E-state index >= 15 is 0 Å². The second-order valence-electron chi connectivity index (χ2n) is 4.06. The number of halogens is 4. The van der Waals surface area contributed by atoms with Gasteiger partial charge in [-0.1, -0.05) is 6.07 Å². The summed E-state index contributed by atoms with van der Waals surface area (Å²) < 4.78 is 53.8. The molecule has 1 N–H and O–H groups in total. The summed E-state index contributed by atoms with van der Waals surface area (Å²) in [5.41, 5.74) is -0.0311. The van der Waals surface area contributed by atoms with Crippen LogP contribution in [0.2, 0.25) is 0 Å². The highest BCUT2D eigenvalue weighted by Crippen LogP contribution is 2.24. The molecule has 0 saturated heterocycles. The van der Waals surface area contributed by atoms with Gasteiger partial charge in [0.25, 0.3) is 6.43 Å².